The van der Waals surface area contributed by atoms with Crippen LogP contribution in [0.2, 0.25) is 0 Å². The second-order valence-corrected chi connectivity index (χ2v) is 11.3. The molecule has 1 amide bonds. The Morgan fingerprint density at radius 1 is 1.00 bits per heavy atom. The van der Waals surface area contributed by atoms with Crippen LogP contribution in [0.15, 0.2) is 47.4 Å². The van der Waals surface area contributed by atoms with Gasteiger partial charge >= 0.3 is 18.0 Å². The van der Waals surface area contributed by atoms with Crippen molar-refractivity contribution in [2.75, 3.05) is 13.1 Å². The molecule has 4 rings (SSSR count). The highest BCUT2D eigenvalue weighted by Crippen LogP contribution is 2.56. The molecule has 0 saturated carbocycles. The fourth-order valence-electron chi connectivity index (χ4n) is 5.54. The van der Waals surface area contributed by atoms with Crippen molar-refractivity contribution in [3.63, 3.8) is 0 Å². The van der Waals surface area contributed by atoms with E-state index in [1.807, 2.05) is 0 Å². The maximum Gasteiger partial charge on any atom is 0.435 e. The first-order valence-electron chi connectivity index (χ1n) is 11.0. The molecule has 1 aliphatic carbocycles. The van der Waals surface area contributed by atoms with Crippen LogP contribution < -0.4 is 5.73 Å². The number of hydrogen-bond acceptors (Lipinski definition) is 4. The largest absolute Gasteiger partial charge is 0.435 e. The van der Waals surface area contributed by atoms with Gasteiger partial charge < -0.3 is 5.73 Å². The van der Waals surface area contributed by atoms with Crippen molar-refractivity contribution in [2.24, 2.45) is 5.73 Å². The number of nitrogens with zero attached hydrogens (tertiary/aromatic N) is 1. The lowest BCUT2D eigenvalue weighted by atomic mass is 9.77. The number of carbonyl (C=O) groups excluding carboxylic acids is 1. The summed E-state index contributed by atoms with van der Waals surface area (Å²) in [5, 5.41) is 0. The number of primary amides is 1. The van der Waals surface area contributed by atoms with E-state index in [4.69, 9.17) is 5.73 Å². The third kappa shape index (κ3) is 3.99. The van der Waals surface area contributed by atoms with Crippen LogP contribution in [-0.2, 0) is 31.5 Å². The Labute approximate surface area is 206 Å². The molecule has 1 heterocycles. The van der Waals surface area contributed by atoms with E-state index in [-0.39, 0.29) is 48.4 Å². The summed E-state index contributed by atoms with van der Waals surface area (Å²) in [6.45, 7) is -0.318. The van der Waals surface area contributed by atoms with E-state index in [1.54, 1.807) is 0 Å². The lowest BCUT2D eigenvalue weighted by molar-refractivity contribution is -0.348. The molecule has 0 radical (unpaired) electrons. The highest BCUT2D eigenvalue weighted by atomic mass is 32.2. The number of aryl methyl sites for hydroxylation is 1. The summed E-state index contributed by atoms with van der Waals surface area (Å²) >= 11 is 0. The summed E-state index contributed by atoms with van der Waals surface area (Å²) in [5.41, 5.74) is -2.40. The topological polar surface area (TPSA) is 80.5 Å². The number of carbonyl (C=O) groups is 1. The minimum Gasteiger partial charge on any atom is -0.369 e. The molecular formula is C23H20F8N2O3S. The number of alkyl halides is 7. The van der Waals surface area contributed by atoms with Crippen LogP contribution in [0.3, 0.4) is 0 Å². The molecule has 0 spiro atoms. The van der Waals surface area contributed by atoms with Gasteiger partial charge in [0, 0.05) is 18.2 Å². The molecule has 2 atom stereocenters. The van der Waals surface area contributed by atoms with E-state index in [0.717, 1.165) is 30.3 Å². The predicted octanol–water partition coefficient (Wildman–Crippen LogP) is 4.29. The predicted molar refractivity (Wildman–Crippen MR) is 114 cm³/mol. The van der Waals surface area contributed by atoms with E-state index in [2.05, 4.69) is 0 Å². The highest BCUT2D eigenvalue weighted by molar-refractivity contribution is 7.92. The second kappa shape index (κ2) is 8.65. The fourth-order valence-corrected chi connectivity index (χ4v) is 7.93. The summed E-state index contributed by atoms with van der Waals surface area (Å²) in [7, 11) is -4.46. The molecule has 2 aromatic carbocycles. The lowest BCUT2D eigenvalue weighted by Gasteiger charge is -2.43. The summed E-state index contributed by atoms with van der Waals surface area (Å²) in [5.74, 6) is -1.50. The van der Waals surface area contributed by atoms with Crippen molar-refractivity contribution >= 4 is 15.7 Å². The highest BCUT2D eigenvalue weighted by Gasteiger charge is 2.73. The van der Waals surface area contributed by atoms with Crippen molar-refractivity contribution in [2.45, 2.75) is 53.0 Å². The Hall–Kier alpha value is -2.74. The van der Waals surface area contributed by atoms with Crippen LogP contribution in [0.1, 0.15) is 29.5 Å². The molecular weight excluding hydrogens is 536 g/mol. The normalized spacial score (nSPS) is 23.0. The molecule has 2 aliphatic rings. The quantitative estimate of drug-likeness (QED) is 0.440. The molecule has 0 unspecified atom stereocenters. The first kappa shape index (κ1) is 27.3. The molecule has 1 saturated heterocycles. The third-order valence-corrected chi connectivity index (χ3v) is 9.69. The van der Waals surface area contributed by atoms with Crippen LogP contribution in [0.5, 0.6) is 0 Å². The van der Waals surface area contributed by atoms with Crippen molar-refractivity contribution < 1.29 is 48.3 Å². The summed E-state index contributed by atoms with van der Waals surface area (Å²) in [6.07, 6.45) is -13.1. The Kier molecular flexibility index (Phi) is 6.38. The maximum atomic E-state index is 14.8. The van der Waals surface area contributed by atoms with Gasteiger partial charge in [-0.05, 0) is 54.7 Å². The monoisotopic (exact) mass is 556 g/mol. The number of fused-ring (bicyclic) bond motifs is 3. The number of rotatable bonds is 5. The first-order chi connectivity index (χ1) is 17.0. The minimum absolute atomic E-state index is 0.0212. The molecule has 5 nitrogen and oxygen atoms in total. The van der Waals surface area contributed by atoms with Crippen LogP contribution in [0.25, 0.3) is 0 Å². The molecule has 2 aromatic rings. The number of likely N-dealkylation sites (tertiary alicyclic amines) is 1. The van der Waals surface area contributed by atoms with Crippen LogP contribution in [0, 0.1) is 5.82 Å². The molecule has 2 N–H and O–H groups in total. The van der Waals surface area contributed by atoms with Gasteiger partial charge in [0.2, 0.25) is 5.91 Å². The number of amides is 1. The van der Waals surface area contributed by atoms with E-state index >= 15 is 0 Å². The van der Waals surface area contributed by atoms with Crippen molar-refractivity contribution in [3.8, 4) is 0 Å². The average Bonchev–Trinajstić information content (AvgIpc) is 3.16. The summed E-state index contributed by atoms with van der Waals surface area (Å²) < 4.78 is 134. The smallest absolute Gasteiger partial charge is 0.369 e. The summed E-state index contributed by atoms with van der Waals surface area (Å²) in [6, 6.07) is 4.33. The van der Waals surface area contributed by atoms with Crippen molar-refractivity contribution in [3.05, 3.63) is 65.0 Å². The number of sulfone groups is 1. The maximum absolute atomic E-state index is 14.8. The number of benzene rings is 2. The molecule has 37 heavy (non-hydrogen) atoms. The lowest BCUT2D eigenvalue weighted by Crippen LogP contribution is -2.53. The van der Waals surface area contributed by atoms with Gasteiger partial charge in [-0.3, -0.25) is 9.69 Å². The fraction of sp³-hybridized carbons (Fsp3) is 0.435. The van der Waals surface area contributed by atoms with Crippen LogP contribution in [0.4, 0.5) is 35.1 Å². The number of halogens is 8. The molecule has 0 aromatic heterocycles. The molecule has 202 valence electrons. The average molecular weight is 556 g/mol. The van der Waals surface area contributed by atoms with Crippen LogP contribution >= 0.6 is 0 Å². The van der Waals surface area contributed by atoms with Crippen LogP contribution in [-0.4, -0.2) is 50.7 Å². The van der Waals surface area contributed by atoms with Gasteiger partial charge in [0.25, 0.3) is 0 Å². The molecule has 0 bridgehead atoms. The van der Waals surface area contributed by atoms with E-state index in [9.17, 15) is 48.3 Å². The molecule has 1 aliphatic heterocycles. The minimum atomic E-state index is -6.33. The standard InChI is InChI=1S/C23H20F8N2O3S/c24-15-3-5-16(6-4-15)37(35,36)20-9-10-33(12-19(32)34)18(20)8-1-13-11-14(2-7-17(13)20)21(25,22(26,27)28)23(29,30)31/h2-7,11,18H,1,8-10,12H2,(H2,32,34)/t18-,20-/m0/s1. The third-order valence-electron chi connectivity index (χ3n) is 7.14. The number of hydrogen-bond donors (Lipinski definition) is 1. The van der Waals surface area contributed by atoms with E-state index in [1.165, 1.54) is 4.90 Å². The van der Waals surface area contributed by atoms with Crippen molar-refractivity contribution in [1.29, 1.82) is 0 Å². The SMILES string of the molecule is NC(=O)CN1CC[C@]2(S(=O)(=O)c3ccc(F)cc3)c3ccc(C(F)(C(F)(F)F)C(F)(F)F)cc3CC[C@H]12. The van der Waals surface area contributed by atoms with E-state index in [0.29, 0.717) is 12.1 Å². The molecule has 14 heteroatoms. The zero-order chi connectivity index (χ0) is 27.6. The van der Waals surface area contributed by atoms with Gasteiger partial charge in [-0.25, -0.2) is 17.2 Å². The summed E-state index contributed by atoms with van der Waals surface area (Å²) in [4.78, 5) is 12.8. The van der Waals surface area contributed by atoms with Gasteiger partial charge in [0.15, 0.2) is 9.84 Å². The number of nitrogens with two attached hydrogens (primary N) is 1. The zero-order valence-corrected chi connectivity index (χ0v) is 19.7. The first-order valence-corrected chi connectivity index (χ1v) is 12.4. The van der Waals surface area contributed by atoms with Gasteiger partial charge in [-0.1, -0.05) is 18.2 Å². The van der Waals surface area contributed by atoms with Gasteiger partial charge in [-0.15, -0.1) is 0 Å². The Morgan fingerprint density at radius 3 is 2.14 bits per heavy atom. The Bertz CT molecular complexity index is 1310. The van der Waals surface area contributed by atoms with Gasteiger partial charge in [0.05, 0.1) is 11.4 Å². The molecule has 1 fully saturated rings. The van der Waals surface area contributed by atoms with Crippen molar-refractivity contribution in [1.82, 2.24) is 4.90 Å². The Morgan fingerprint density at radius 2 is 1.59 bits per heavy atom. The zero-order valence-electron chi connectivity index (χ0n) is 18.8. The van der Waals surface area contributed by atoms with E-state index < -0.39 is 55.9 Å². The van der Waals surface area contributed by atoms with Gasteiger partial charge in [-0.2, -0.15) is 26.3 Å². The second-order valence-electron chi connectivity index (χ2n) is 9.11. The Balaban J connectivity index is 1.95. The van der Waals surface area contributed by atoms with Gasteiger partial charge in [0.1, 0.15) is 10.6 Å².